The maximum Gasteiger partial charge on any atom is 0.217 e. The molecule has 0 unspecified atom stereocenters. The number of benzene rings is 1. The summed E-state index contributed by atoms with van der Waals surface area (Å²) in [4.78, 5) is 13.5. The van der Waals surface area contributed by atoms with Crippen LogP contribution in [0.4, 0.5) is 0 Å². The molecule has 0 saturated carbocycles. The maximum atomic E-state index is 11.1. The molecule has 1 amide bonds. The van der Waals surface area contributed by atoms with Gasteiger partial charge < -0.3 is 14.6 Å². The fraction of sp³-hybridized carbons (Fsp3) is 0.471. The molecule has 3 rings (SSSR count). The number of hydrogen-bond acceptors (Lipinski definition) is 5. The van der Waals surface area contributed by atoms with E-state index in [1.54, 1.807) is 7.11 Å². The SMILES string of the molecule is COc1ccccc1CN1CCc2nnc(CNC(C)=O)n2CC1. The Morgan fingerprint density at radius 3 is 2.88 bits per heavy atom. The number of nitrogens with zero attached hydrogens (tertiary/aromatic N) is 4. The topological polar surface area (TPSA) is 72.3 Å². The van der Waals surface area contributed by atoms with Gasteiger partial charge in [-0.25, -0.2) is 0 Å². The molecule has 1 aromatic carbocycles. The lowest BCUT2D eigenvalue weighted by Crippen LogP contribution is -2.27. The van der Waals surface area contributed by atoms with Crippen LogP contribution in [-0.2, 0) is 30.8 Å². The smallest absolute Gasteiger partial charge is 0.217 e. The Balaban J connectivity index is 1.66. The summed E-state index contributed by atoms with van der Waals surface area (Å²) < 4.78 is 7.57. The van der Waals surface area contributed by atoms with Crippen LogP contribution in [0.25, 0.3) is 0 Å². The van der Waals surface area contributed by atoms with E-state index in [-0.39, 0.29) is 5.91 Å². The maximum absolute atomic E-state index is 11.1. The van der Waals surface area contributed by atoms with Crippen LogP contribution in [0.5, 0.6) is 5.75 Å². The lowest BCUT2D eigenvalue weighted by Gasteiger charge is -2.21. The Morgan fingerprint density at radius 1 is 1.25 bits per heavy atom. The van der Waals surface area contributed by atoms with E-state index in [1.165, 1.54) is 12.5 Å². The average molecular weight is 329 g/mol. The molecule has 1 aliphatic rings. The minimum Gasteiger partial charge on any atom is -0.496 e. The summed E-state index contributed by atoms with van der Waals surface area (Å²) in [6.07, 6.45) is 0.849. The molecule has 0 spiro atoms. The van der Waals surface area contributed by atoms with Crippen LogP contribution in [0, 0.1) is 0 Å². The minimum atomic E-state index is -0.0567. The summed E-state index contributed by atoms with van der Waals surface area (Å²) in [7, 11) is 1.71. The first-order valence-electron chi connectivity index (χ1n) is 8.17. The number of para-hydroxylation sites is 1. The molecule has 7 nitrogen and oxygen atoms in total. The number of rotatable bonds is 5. The standard InChI is InChI=1S/C17H23N5O2/c1-13(23)18-11-17-20-19-16-7-8-21(9-10-22(16)17)12-14-5-3-4-6-15(14)24-2/h3-6H,7-12H2,1-2H3,(H,18,23). The molecule has 0 radical (unpaired) electrons. The molecule has 24 heavy (non-hydrogen) atoms. The van der Waals surface area contributed by atoms with Crippen molar-refractivity contribution in [3.8, 4) is 5.75 Å². The Bertz CT molecular complexity index is 713. The van der Waals surface area contributed by atoms with E-state index < -0.39 is 0 Å². The van der Waals surface area contributed by atoms with Gasteiger partial charge in [0.05, 0.1) is 13.7 Å². The molecular weight excluding hydrogens is 306 g/mol. The summed E-state index contributed by atoms with van der Waals surface area (Å²) in [6, 6.07) is 8.12. The van der Waals surface area contributed by atoms with Crippen molar-refractivity contribution in [1.82, 2.24) is 25.0 Å². The third-order valence-electron chi connectivity index (χ3n) is 4.28. The van der Waals surface area contributed by atoms with Gasteiger partial charge in [0, 0.05) is 45.1 Å². The van der Waals surface area contributed by atoms with Gasteiger partial charge in [-0.1, -0.05) is 18.2 Å². The highest BCUT2D eigenvalue weighted by Crippen LogP contribution is 2.20. The molecule has 0 bridgehead atoms. The number of fused-ring (bicyclic) bond motifs is 1. The first-order valence-corrected chi connectivity index (χ1v) is 8.17. The highest BCUT2D eigenvalue weighted by molar-refractivity contribution is 5.72. The second-order valence-electron chi connectivity index (χ2n) is 5.93. The highest BCUT2D eigenvalue weighted by Gasteiger charge is 2.19. The molecule has 2 aromatic rings. The number of hydrogen-bond donors (Lipinski definition) is 1. The van der Waals surface area contributed by atoms with Crippen LogP contribution in [0.15, 0.2) is 24.3 Å². The number of methoxy groups -OCH3 is 1. The van der Waals surface area contributed by atoms with Gasteiger partial charge >= 0.3 is 0 Å². The summed E-state index contributed by atoms with van der Waals surface area (Å²) in [5.41, 5.74) is 1.19. The van der Waals surface area contributed by atoms with Crippen molar-refractivity contribution in [3.05, 3.63) is 41.5 Å². The summed E-state index contributed by atoms with van der Waals surface area (Å²) in [5.74, 6) is 2.67. The second-order valence-corrected chi connectivity index (χ2v) is 5.93. The van der Waals surface area contributed by atoms with Gasteiger partial charge in [0.15, 0.2) is 5.82 Å². The van der Waals surface area contributed by atoms with Crippen molar-refractivity contribution in [3.63, 3.8) is 0 Å². The predicted octanol–water partition coefficient (Wildman–Crippen LogP) is 0.981. The van der Waals surface area contributed by atoms with Crippen LogP contribution in [0.3, 0.4) is 0 Å². The summed E-state index contributed by atoms with van der Waals surface area (Å²) >= 11 is 0. The first-order chi connectivity index (χ1) is 11.7. The van der Waals surface area contributed by atoms with E-state index in [1.807, 2.05) is 18.2 Å². The molecule has 0 saturated heterocycles. The molecule has 0 aliphatic carbocycles. The summed E-state index contributed by atoms with van der Waals surface area (Å²) in [6.45, 7) is 5.45. The van der Waals surface area contributed by atoms with Crippen molar-refractivity contribution in [2.75, 3.05) is 20.2 Å². The molecule has 1 aliphatic heterocycles. The van der Waals surface area contributed by atoms with E-state index in [2.05, 4.69) is 31.0 Å². The van der Waals surface area contributed by atoms with E-state index in [4.69, 9.17) is 4.74 Å². The number of carbonyl (C=O) groups excluding carboxylic acids is 1. The fourth-order valence-electron chi connectivity index (χ4n) is 2.99. The fourth-order valence-corrected chi connectivity index (χ4v) is 2.99. The van der Waals surface area contributed by atoms with Gasteiger partial charge in [-0.3, -0.25) is 9.69 Å². The quantitative estimate of drug-likeness (QED) is 0.885. The Labute approximate surface area is 141 Å². The van der Waals surface area contributed by atoms with Gasteiger partial charge in [-0.2, -0.15) is 0 Å². The van der Waals surface area contributed by atoms with Gasteiger partial charge in [-0.15, -0.1) is 10.2 Å². The zero-order valence-electron chi connectivity index (χ0n) is 14.2. The zero-order valence-corrected chi connectivity index (χ0v) is 14.2. The average Bonchev–Trinajstić information content (AvgIpc) is 2.86. The number of carbonyl (C=O) groups is 1. The van der Waals surface area contributed by atoms with Crippen molar-refractivity contribution < 1.29 is 9.53 Å². The molecule has 2 heterocycles. The molecule has 1 N–H and O–H groups in total. The number of nitrogens with one attached hydrogen (secondary N) is 1. The monoisotopic (exact) mass is 329 g/mol. The number of ether oxygens (including phenoxy) is 1. The molecule has 0 fully saturated rings. The predicted molar refractivity (Wildman–Crippen MR) is 89.5 cm³/mol. The third kappa shape index (κ3) is 3.73. The van der Waals surface area contributed by atoms with Crippen LogP contribution < -0.4 is 10.1 Å². The largest absolute Gasteiger partial charge is 0.496 e. The van der Waals surface area contributed by atoms with Gasteiger partial charge in [0.25, 0.3) is 0 Å². The van der Waals surface area contributed by atoms with Crippen molar-refractivity contribution in [2.45, 2.75) is 33.0 Å². The number of amides is 1. The Kier molecular flexibility index (Phi) is 5.10. The number of aromatic nitrogens is 3. The van der Waals surface area contributed by atoms with E-state index >= 15 is 0 Å². The van der Waals surface area contributed by atoms with Crippen LogP contribution in [-0.4, -0.2) is 45.8 Å². The van der Waals surface area contributed by atoms with Crippen molar-refractivity contribution in [2.24, 2.45) is 0 Å². The Hall–Kier alpha value is -2.41. The first kappa shape index (κ1) is 16.4. The zero-order chi connectivity index (χ0) is 16.9. The summed E-state index contributed by atoms with van der Waals surface area (Å²) in [5, 5.41) is 11.3. The van der Waals surface area contributed by atoms with Crippen LogP contribution in [0.2, 0.25) is 0 Å². The molecule has 128 valence electrons. The lowest BCUT2D eigenvalue weighted by atomic mass is 10.2. The lowest BCUT2D eigenvalue weighted by molar-refractivity contribution is -0.119. The van der Waals surface area contributed by atoms with E-state index in [0.717, 1.165) is 50.0 Å². The van der Waals surface area contributed by atoms with Gasteiger partial charge in [0.2, 0.25) is 5.91 Å². The van der Waals surface area contributed by atoms with E-state index in [9.17, 15) is 4.79 Å². The van der Waals surface area contributed by atoms with Crippen molar-refractivity contribution >= 4 is 5.91 Å². The second kappa shape index (κ2) is 7.44. The third-order valence-corrected chi connectivity index (χ3v) is 4.28. The van der Waals surface area contributed by atoms with Gasteiger partial charge in [0.1, 0.15) is 11.6 Å². The Morgan fingerprint density at radius 2 is 2.08 bits per heavy atom. The van der Waals surface area contributed by atoms with Gasteiger partial charge in [-0.05, 0) is 6.07 Å². The van der Waals surface area contributed by atoms with Crippen LogP contribution in [0.1, 0.15) is 24.1 Å². The molecule has 0 atom stereocenters. The minimum absolute atomic E-state index is 0.0567. The van der Waals surface area contributed by atoms with Crippen LogP contribution >= 0.6 is 0 Å². The highest BCUT2D eigenvalue weighted by atomic mass is 16.5. The molecule has 1 aromatic heterocycles. The van der Waals surface area contributed by atoms with E-state index in [0.29, 0.717) is 6.54 Å². The molecular formula is C17H23N5O2. The normalized spacial score (nSPS) is 14.8. The van der Waals surface area contributed by atoms with Crippen molar-refractivity contribution in [1.29, 1.82) is 0 Å². The molecule has 7 heteroatoms.